The molecule has 27 heavy (non-hydrogen) atoms. The topological polar surface area (TPSA) is 29.5 Å². The minimum Gasteiger partial charge on any atom is -0.497 e. The predicted molar refractivity (Wildman–Crippen MR) is 111 cm³/mol. The van der Waals surface area contributed by atoms with Gasteiger partial charge in [-0.3, -0.25) is 4.79 Å². The van der Waals surface area contributed by atoms with Crippen molar-refractivity contribution in [3.05, 3.63) is 76.9 Å². The van der Waals surface area contributed by atoms with E-state index in [2.05, 4.69) is 44.2 Å². The highest BCUT2D eigenvalue weighted by molar-refractivity contribution is 5.88. The molecule has 0 aromatic heterocycles. The zero-order valence-electron chi connectivity index (χ0n) is 16.7. The average molecular weight is 361 g/mol. The van der Waals surface area contributed by atoms with Gasteiger partial charge >= 0.3 is 0 Å². The molecule has 0 saturated heterocycles. The zero-order valence-corrected chi connectivity index (χ0v) is 16.7. The number of amides is 1. The van der Waals surface area contributed by atoms with Gasteiger partial charge in [0.15, 0.2) is 0 Å². The van der Waals surface area contributed by atoms with Gasteiger partial charge in [0.05, 0.1) is 13.0 Å². The summed E-state index contributed by atoms with van der Waals surface area (Å²) in [6.07, 6.45) is 0. The Labute approximate surface area is 161 Å². The van der Waals surface area contributed by atoms with Crippen molar-refractivity contribution >= 4 is 16.7 Å². The number of hydrogen-bond acceptors (Lipinski definition) is 2. The van der Waals surface area contributed by atoms with E-state index in [1.807, 2.05) is 43.1 Å². The first kappa shape index (κ1) is 19.0. The highest BCUT2D eigenvalue weighted by Crippen LogP contribution is 2.26. The fourth-order valence-electron chi connectivity index (χ4n) is 3.47. The van der Waals surface area contributed by atoms with Crippen LogP contribution < -0.4 is 4.74 Å². The highest BCUT2D eigenvalue weighted by atomic mass is 16.5. The molecule has 1 atom stereocenters. The van der Waals surface area contributed by atoms with Gasteiger partial charge in [-0.2, -0.15) is 0 Å². The lowest BCUT2D eigenvalue weighted by molar-refractivity contribution is -0.131. The summed E-state index contributed by atoms with van der Waals surface area (Å²) in [6.45, 7) is 6.79. The first-order valence-corrected chi connectivity index (χ1v) is 9.28. The highest BCUT2D eigenvalue weighted by Gasteiger charge is 2.20. The Kier molecular flexibility index (Phi) is 5.50. The van der Waals surface area contributed by atoms with Crippen LogP contribution in [0.1, 0.15) is 35.1 Å². The summed E-state index contributed by atoms with van der Waals surface area (Å²) in [5.74, 6) is 0.780. The standard InChI is InChI=1S/C24H27NO2/c1-16-6-7-22(17(2)12-16)15-25(4)24(26)18(3)19-8-9-21-14-23(27-5)11-10-20(21)13-19/h6-14,18H,15H2,1-5H3/t18-/m0/s1. The van der Waals surface area contributed by atoms with Gasteiger partial charge in [-0.25, -0.2) is 0 Å². The summed E-state index contributed by atoms with van der Waals surface area (Å²) < 4.78 is 5.28. The molecule has 0 bridgehead atoms. The van der Waals surface area contributed by atoms with Crippen LogP contribution >= 0.6 is 0 Å². The number of methoxy groups -OCH3 is 1. The molecule has 3 heteroatoms. The molecule has 1 amide bonds. The number of carbonyl (C=O) groups is 1. The summed E-state index contributed by atoms with van der Waals surface area (Å²) in [6, 6.07) is 18.6. The molecule has 0 radical (unpaired) electrons. The Balaban J connectivity index is 1.78. The van der Waals surface area contributed by atoms with Gasteiger partial charge in [-0.15, -0.1) is 0 Å². The third-order valence-corrected chi connectivity index (χ3v) is 5.22. The lowest BCUT2D eigenvalue weighted by Gasteiger charge is -2.23. The number of hydrogen-bond donors (Lipinski definition) is 0. The maximum Gasteiger partial charge on any atom is 0.229 e. The fourth-order valence-corrected chi connectivity index (χ4v) is 3.47. The van der Waals surface area contributed by atoms with Crippen molar-refractivity contribution < 1.29 is 9.53 Å². The predicted octanol–water partition coefficient (Wildman–Crippen LogP) is 5.23. The normalized spacial score (nSPS) is 12.0. The van der Waals surface area contributed by atoms with E-state index in [1.165, 1.54) is 16.7 Å². The molecule has 0 aliphatic heterocycles. The number of nitrogens with zero attached hydrogens (tertiary/aromatic N) is 1. The number of benzene rings is 3. The summed E-state index contributed by atoms with van der Waals surface area (Å²) in [5, 5.41) is 2.23. The summed E-state index contributed by atoms with van der Waals surface area (Å²) in [4.78, 5) is 14.8. The van der Waals surface area contributed by atoms with Crippen LogP contribution in [0.25, 0.3) is 10.8 Å². The molecule has 0 heterocycles. The minimum absolute atomic E-state index is 0.128. The van der Waals surface area contributed by atoms with Crippen molar-refractivity contribution in [3.8, 4) is 5.75 Å². The number of carbonyl (C=O) groups excluding carboxylic acids is 1. The number of rotatable bonds is 5. The molecule has 0 aliphatic carbocycles. The van der Waals surface area contributed by atoms with Crippen LogP contribution in [0.4, 0.5) is 0 Å². The molecule has 140 valence electrons. The molecule has 0 unspecified atom stereocenters. The smallest absolute Gasteiger partial charge is 0.229 e. The zero-order chi connectivity index (χ0) is 19.6. The molecular weight excluding hydrogens is 334 g/mol. The van der Waals surface area contributed by atoms with Crippen molar-refractivity contribution in [2.75, 3.05) is 14.2 Å². The van der Waals surface area contributed by atoms with Crippen molar-refractivity contribution in [2.24, 2.45) is 0 Å². The largest absolute Gasteiger partial charge is 0.497 e. The van der Waals surface area contributed by atoms with Crippen LogP contribution in [0, 0.1) is 13.8 Å². The number of fused-ring (bicyclic) bond motifs is 1. The molecule has 0 saturated carbocycles. The monoisotopic (exact) mass is 361 g/mol. The molecule has 3 nitrogen and oxygen atoms in total. The van der Waals surface area contributed by atoms with Gasteiger partial charge in [0.1, 0.15) is 5.75 Å². The average Bonchev–Trinajstić information content (AvgIpc) is 2.68. The lowest BCUT2D eigenvalue weighted by atomic mass is 9.96. The van der Waals surface area contributed by atoms with Crippen molar-refractivity contribution in [1.29, 1.82) is 0 Å². The molecule has 3 rings (SSSR count). The van der Waals surface area contributed by atoms with Gasteiger partial charge in [0.2, 0.25) is 5.91 Å². The molecule has 0 spiro atoms. The van der Waals surface area contributed by atoms with Gasteiger partial charge < -0.3 is 9.64 Å². The Morgan fingerprint density at radius 2 is 1.70 bits per heavy atom. The van der Waals surface area contributed by atoms with E-state index >= 15 is 0 Å². The summed E-state index contributed by atoms with van der Waals surface area (Å²) in [5.41, 5.74) is 4.69. The second-order valence-electron chi connectivity index (χ2n) is 7.32. The second-order valence-corrected chi connectivity index (χ2v) is 7.32. The molecule has 0 fully saturated rings. The summed E-state index contributed by atoms with van der Waals surface area (Å²) >= 11 is 0. The molecular formula is C24H27NO2. The first-order valence-electron chi connectivity index (χ1n) is 9.28. The van der Waals surface area contributed by atoms with E-state index in [9.17, 15) is 4.79 Å². The molecule has 0 N–H and O–H groups in total. The van der Waals surface area contributed by atoms with Gasteiger partial charge in [0, 0.05) is 13.6 Å². The first-order chi connectivity index (χ1) is 12.9. The Morgan fingerprint density at radius 3 is 2.41 bits per heavy atom. The fraction of sp³-hybridized carbons (Fsp3) is 0.292. The maximum absolute atomic E-state index is 13.0. The van der Waals surface area contributed by atoms with Gasteiger partial charge in [-0.1, -0.05) is 48.0 Å². The lowest BCUT2D eigenvalue weighted by Crippen LogP contribution is -2.30. The van der Waals surface area contributed by atoms with Crippen LogP contribution in [0.5, 0.6) is 5.75 Å². The van der Waals surface area contributed by atoms with Crippen LogP contribution in [-0.4, -0.2) is 25.0 Å². The minimum atomic E-state index is -0.188. The van der Waals surface area contributed by atoms with Gasteiger partial charge in [-0.05, 0) is 60.4 Å². The van der Waals surface area contributed by atoms with Crippen LogP contribution in [0.2, 0.25) is 0 Å². The number of ether oxygens (including phenoxy) is 1. The molecule has 3 aromatic carbocycles. The summed E-state index contributed by atoms with van der Waals surface area (Å²) in [7, 11) is 3.55. The van der Waals surface area contributed by atoms with E-state index in [4.69, 9.17) is 4.74 Å². The number of likely N-dealkylation sites (N-methyl/N-ethyl adjacent to an activating group) is 1. The number of aryl methyl sites for hydroxylation is 2. The van der Waals surface area contributed by atoms with Crippen molar-refractivity contribution in [1.82, 2.24) is 4.90 Å². The van der Waals surface area contributed by atoms with Crippen LogP contribution in [-0.2, 0) is 11.3 Å². The van der Waals surface area contributed by atoms with E-state index in [0.29, 0.717) is 6.54 Å². The van der Waals surface area contributed by atoms with E-state index < -0.39 is 0 Å². The molecule has 3 aromatic rings. The van der Waals surface area contributed by atoms with Crippen molar-refractivity contribution in [2.45, 2.75) is 33.2 Å². The van der Waals surface area contributed by atoms with Crippen LogP contribution in [0.15, 0.2) is 54.6 Å². The Bertz CT molecular complexity index is 977. The second kappa shape index (κ2) is 7.83. The Morgan fingerprint density at radius 1 is 1.00 bits per heavy atom. The third kappa shape index (κ3) is 4.13. The van der Waals surface area contributed by atoms with Crippen LogP contribution in [0.3, 0.4) is 0 Å². The van der Waals surface area contributed by atoms with Gasteiger partial charge in [0.25, 0.3) is 0 Å². The Hall–Kier alpha value is -2.81. The van der Waals surface area contributed by atoms with E-state index in [0.717, 1.165) is 22.1 Å². The van der Waals surface area contributed by atoms with Crippen molar-refractivity contribution in [3.63, 3.8) is 0 Å². The van der Waals surface area contributed by atoms with E-state index in [1.54, 1.807) is 7.11 Å². The third-order valence-electron chi connectivity index (χ3n) is 5.22. The van der Waals surface area contributed by atoms with E-state index in [-0.39, 0.29) is 11.8 Å². The maximum atomic E-state index is 13.0. The quantitative estimate of drug-likeness (QED) is 0.623. The molecule has 0 aliphatic rings. The SMILES string of the molecule is COc1ccc2cc([C@H](C)C(=O)N(C)Cc3ccc(C)cc3C)ccc2c1.